The number of rotatable bonds is 0. The second-order valence-electron chi connectivity index (χ2n) is 3.30. The molecule has 0 radical (unpaired) electrons. The lowest BCUT2D eigenvalue weighted by Crippen LogP contribution is -1.85. The van der Waals surface area contributed by atoms with E-state index in [1.165, 1.54) is 0 Å². The van der Waals surface area contributed by atoms with Crippen molar-refractivity contribution in [2.24, 2.45) is 0 Å². The van der Waals surface area contributed by atoms with Gasteiger partial charge in [-0.1, -0.05) is 6.07 Å². The highest BCUT2D eigenvalue weighted by molar-refractivity contribution is 5.86. The average molecular weight is 203 g/mol. The number of fused-ring (bicyclic) bond motifs is 1. The van der Waals surface area contributed by atoms with Crippen LogP contribution in [0.15, 0.2) is 30.3 Å². The van der Waals surface area contributed by atoms with Gasteiger partial charge >= 0.3 is 0 Å². The van der Waals surface area contributed by atoms with E-state index in [2.05, 4.69) is 0 Å². The van der Waals surface area contributed by atoms with Crippen molar-refractivity contribution in [3.8, 4) is 18.2 Å². The van der Waals surface area contributed by atoms with E-state index in [4.69, 9.17) is 15.8 Å². The van der Waals surface area contributed by atoms with Gasteiger partial charge in [0.15, 0.2) is 0 Å². The highest BCUT2D eigenvalue weighted by atomic mass is 14.3. The van der Waals surface area contributed by atoms with Gasteiger partial charge in [0.2, 0.25) is 0 Å². The van der Waals surface area contributed by atoms with Gasteiger partial charge in [0.1, 0.15) is 12.1 Å². The summed E-state index contributed by atoms with van der Waals surface area (Å²) in [5.74, 6) is 0. The predicted octanol–water partition coefficient (Wildman–Crippen LogP) is 2.45. The van der Waals surface area contributed by atoms with Crippen LogP contribution in [-0.4, -0.2) is 0 Å². The summed E-state index contributed by atoms with van der Waals surface area (Å²) in [6, 6.07) is 14.5. The molecule has 0 heterocycles. The quantitative estimate of drug-likeness (QED) is 0.660. The van der Waals surface area contributed by atoms with E-state index < -0.39 is 0 Å². The monoisotopic (exact) mass is 203 g/mol. The molecule has 0 aromatic heterocycles. The van der Waals surface area contributed by atoms with Crippen LogP contribution in [0.3, 0.4) is 0 Å². The van der Waals surface area contributed by atoms with Gasteiger partial charge in [0, 0.05) is 0 Å². The minimum Gasteiger partial charge on any atom is -0.192 e. The highest BCUT2D eigenvalue weighted by Crippen LogP contribution is 2.20. The van der Waals surface area contributed by atoms with Gasteiger partial charge in [-0.2, -0.15) is 15.8 Å². The van der Waals surface area contributed by atoms with Crippen LogP contribution in [0.2, 0.25) is 0 Å². The van der Waals surface area contributed by atoms with Crippen molar-refractivity contribution in [2.75, 3.05) is 0 Å². The summed E-state index contributed by atoms with van der Waals surface area (Å²) in [5, 5.41) is 28.1. The van der Waals surface area contributed by atoms with Crippen molar-refractivity contribution in [3.05, 3.63) is 47.0 Å². The van der Waals surface area contributed by atoms with Crippen LogP contribution in [0.25, 0.3) is 10.8 Å². The molecule has 2 aromatic rings. The Hall–Kier alpha value is -2.83. The van der Waals surface area contributed by atoms with Crippen molar-refractivity contribution in [1.82, 2.24) is 0 Å². The molecule has 0 bridgehead atoms. The number of nitriles is 3. The third-order valence-corrected chi connectivity index (χ3v) is 2.35. The molecular formula is C13H5N3. The zero-order valence-corrected chi connectivity index (χ0v) is 8.23. The Bertz CT molecular complexity index is 694. The fraction of sp³-hybridized carbons (Fsp3) is 0. The Morgan fingerprint density at radius 2 is 1.31 bits per heavy atom. The Morgan fingerprint density at radius 3 is 1.88 bits per heavy atom. The maximum absolute atomic E-state index is 8.87. The molecule has 2 rings (SSSR count). The van der Waals surface area contributed by atoms with Crippen LogP contribution in [0.4, 0.5) is 0 Å². The van der Waals surface area contributed by atoms with E-state index in [9.17, 15) is 0 Å². The van der Waals surface area contributed by atoms with Gasteiger partial charge in [-0.3, -0.25) is 0 Å². The van der Waals surface area contributed by atoms with Gasteiger partial charge in [-0.15, -0.1) is 0 Å². The minimum absolute atomic E-state index is 0.338. The van der Waals surface area contributed by atoms with E-state index in [0.717, 1.165) is 10.8 Å². The fourth-order valence-corrected chi connectivity index (χ4v) is 1.55. The predicted molar refractivity (Wildman–Crippen MR) is 58.1 cm³/mol. The van der Waals surface area contributed by atoms with E-state index in [1.54, 1.807) is 30.3 Å². The van der Waals surface area contributed by atoms with Crippen LogP contribution >= 0.6 is 0 Å². The normalized spacial score (nSPS) is 9.06. The summed E-state index contributed by atoms with van der Waals surface area (Å²) in [7, 11) is 0. The molecular weight excluding hydrogens is 198 g/mol. The molecule has 72 valence electrons. The molecule has 0 aliphatic heterocycles. The zero-order valence-electron chi connectivity index (χ0n) is 8.23. The van der Waals surface area contributed by atoms with Crippen LogP contribution < -0.4 is 0 Å². The van der Waals surface area contributed by atoms with Gasteiger partial charge in [-0.05, 0) is 35.0 Å². The molecule has 0 saturated heterocycles. The second-order valence-corrected chi connectivity index (χ2v) is 3.30. The Balaban J connectivity index is 2.82. The molecule has 0 spiro atoms. The molecule has 0 aliphatic carbocycles. The first-order chi connectivity index (χ1) is 7.78. The lowest BCUT2D eigenvalue weighted by molar-refractivity contribution is 1.44. The lowest BCUT2D eigenvalue weighted by atomic mass is 10.0. The van der Waals surface area contributed by atoms with Crippen LogP contribution in [0.5, 0.6) is 0 Å². The summed E-state index contributed by atoms with van der Waals surface area (Å²) in [6.45, 7) is 0. The Labute approximate surface area is 92.4 Å². The molecule has 2 aromatic carbocycles. The smallest absolute Gasteiger partial charge is 0.101 e. The molecule has 0 fully saturated rings. The van der Waals surface area contributed by atoms with Crippen LogP contribution in [0, 0.1) is 34.0 Å². The van der Waals surface area contributed by atoms with Crippen molar-refractivity contribution < 1.29 is 0 Å². The maximum atomic E-state index is 8.87. The van der Waals surface area contributed by atoms with Crippen molar-refractivity contribution >= 4 is 10.8 Å². The third-order valence-electron chi connectivity index (χ3n) is 2.35. The standard InChI is InChI=1S/C13H5N3/c14-6-9-1-2-10-4-12(7-15)13(8-16)5-11(10)3-9/h1-5H. The summed E-state index contributed by atoms with van der Waals surface area (Å²) in [5.41, 5.74) is 1.24. The molecule has 3 heteroatoms. The average Bonchev–Trinajstić information content (AvgIpc) is 2.36. The van der Waals surface area contributed by atoms with E-state index in [0.29, 0.717) is 16.7 Å². The molecule has 0 N–H and O–H groups in total. The Kier molecular flexibility index (Phi) is 2.27. The lowest BCUT2D eigenvalue weighted by Gasteiger charge is -2.00. The highest BCUT2D eigenvalue weighted by Gasteiger charge is 2.04. The van der Waals surface area contributed by atoms with Crippen molar-refractivity contribution in [2.45, 2.75) is 0 Å². The largest absolute Gasteiger partial charge is 0.192 e. The maximum Gasteiger partial charge on any atom is 0.101 e. The van der Waals surface area contributed by atoms with E-state index >= 15 is 0 Å². The molecule has 0 unspecified atom stereocenters. The number of benzene rings is 2. The Morgan fingerprint density at radius 1 is 0.688 bits per heavy atom. The summed E-state index contributed by atoms with van der Waals surface area (Å²) in [4.78, 5) is 0. The summed E-state index contributed by atoms with van der Waals surface area (Å²) in [6.07, 6.45) is 0. The molecule has 0 atom stereocenters. The molecule has 0 saturated carbocycles. The minimum atomic E-state index is 0.338. The molecule has 0 aliphatic rings. The first kappa shape index (κ1) is 9.71. The molecule has 16 heavy (non-hydrogen) atoms. The molecule has 3 nitrogen and oxygen atoms in total. The first-order valence-corrected chi connectivity index (χ1v) is 4.56. The summed E-state index contributed by atoms with van der Waals surface area (Å²) >= 11 is 0. The number of hydrogen-bond donors (Lipinski definition) is 0. The fourth-order valence-electron chi connectivity index (χ4n) is 1.55. The second kappa shape index (κ2) is 3.73. The van der Waals surface area contributed by atoms with Gasteiger partial charge < -0.3 is 0 Å². The first-order valence-electron chi connectivity index (χ1n) is 4.56. The van der Waals surface area contributed by atoms with Crippen LogP contribution in [0.1, 0.15) is 16.7 Å². The summed E-state index contributed by atoms with van der Waals surface area (Å²) < 4.78 is 0. The number of nitrogens with zero attached hydrogens (tertiary/aromatic N) is 3. The van der Waals surface area contributed by atoms with Crippen molar-refractivity contribution in [3.63, 3.8) is 0 Å². The zero-order chi connectivity index (χ0) is 11.5. The van der Waals surface area contributed by atoms with E-state index in [1.807, 2.05) is 18.2 Å². The van der Waals surface area contributed by atoms with E-state index in [-0.39, 0.29) is 0 Å². The molecule has 0 amide bonds. The number of hydrogen-bond acceptors (Lipinski definition) is 3. The third kappa shape index (κ3) is 1.46. The van der Waals surface area contributed by atoms with Gasteiger partial charge in [-0.25, -0.2) is 0 Å². The van der Waals surface area contributed by atoms with Gasteiger partial charge in [0.05, 0.1) is 22.8 Å². The topological polar surface area (TPSA) is 71.4 Å². The SMILES string of the molecule is N#Cc1ccc2cc(C#N)c(C#N)cc2c1. The van der Waals surface area contributed by atoms with Crippen molar-refractivity contribution in [1.29, 1.82) is 15.8 Å². The van der Waals surface area contributed by atoms with Gasteiger partial charge in [0.25, 0.3) is 0 Å². The van der Waals surface area contributed by atoms with Crippen LogP contribution in [-0.2, 0) is 0 Å².